The first-order chi connectivity index (χ1) is 37.1. The molecule has 0 fully saturated rings. The number of hydrogen-bond acceptors (Lipinski definition) is 5. The molecule has 8 aromatic carbocycles. The molecule has 3 aromatic heterocycles. The lowest BCUT2D eigenvalue weighted by Gasteiger charge is -2.30. The summed E-state index contributed by atoms with van der Waals surface area (Å²) in [7, 11) is 0. The second-order valence-corrected chi connectivity index (χ2v) is 19.4. The van der Waals surface area contributed by atoms with Crippen molar-refractivity contribution in [1.29, 1.82) is 0 Å². The van der Waals surface area contributed by atoms with E-state index in [1.165, 1.54) is 0 Å². The average Bonchev–Trinajstić information content (AvgIpc) is 4.24. The molecule has 0 saturated heterocycles. The molecule has 6 heteroatoms. The van der Waals surface area contributed by atoms with Gasteiger partial charge in [0.1, 0.15) is 35.2 Å². The Bertz CT molecular complexity index is 4200. The second kappa shape index (κ2) is 15.8. The van der Waals surface area contributed by atoms with Crippen molar-refractivity contribution < 1.29 is 22.9 Å². The molecule has 0 aliphatic carbocycles. The number of benzene rings is 8. The Morgan fingerprint density at radius 2 is 1.21 bits per heavy atom. The molecule has 6 nitrogen and oxygen atoms in total. The number of para-hydroxylation sites is 3. The van der Waals surface area contributed by atoms with Crippen molar-refractivity contribution in [2.45, 2.75) is 52.4 Å². The van der Waals surface area contributed by atoms with Gasteiger partial charge in [-0.25, -0.2) is 4.98 Å². The Morgan fingerprint density at radius 1 is 0.559 bits per heavy atom. The van der Waals surface area contributed by atoms with Crippen molar-refractivity contribution in [3.63, 3.8) is 0 Å². The molecular weight excluding hydrogens is 833 g/mol. The summed E-state index contributed by atoms with van der Waals surface area (Å²) < 4.78 is 105. The SMILES string of the molecule is [2H]c1c([2H])c([2H])c(-c2cc(C(C)(C)C)cc(-c3c([2H])c([2H])c([2H])c([2H])c3[2H])c2N2CN(c3cccc(Oc4ccc5c6ccc7oc8ccccc8c7c6n(-c6cc(C(C)(C)C)ccn6)c5c4)c3)c3ccccc32)c([2H])c1[2H]. The van der Waals surface area contributed by atoms with Crippen molar-refractivity contribution in [3.8, 4) is 39.6 Å². The number of ether oxygens (including phenoxy) is 1. The first kappa shape index (κ1) is 31.8. The summed E-state index contributed by atoms with van der Waals surface area (Å²) in [5, 5.41) is 4.04. The van der Waals surface area contributed by atoms with Crippen LogP contribution >= 0.6 is 0 Å². The van der Waals surface area contributed by atoms with Gasteiger partial charge in [-0.15, -0.1) is 0 Å². The third kappa shape index (κ3) is 6.98. The van der Waals surface area contributed by atoms with E-state index in [-0.39, 0.29) is 34.3 Å². The Kier molecular flexibility index (Phi) is 7.37. The zero-order chi connectivity index (χ0) is 55.0. The molecular formula is C62H52N4O2. The van der Waals surface area contributed by atoms with E-state index in [1.807, 2.05) is 117 Å². The van der Waals surface area contributed by atoms with E-state index in [2.05, 4.69) is 60.6 Å². The predicted octanol–water partition coefficient (Wildman–Crippen LogP) is 17.0. The van der Waals surface area contributed by atoms with Crippen LogP contribution in [0.2, 0.25) is 0 Å². The highest BCUT2D eigenvalue weighted by molar-refractivity contribution is 6.24. The lowest BCUT2D eigenvalue weighted by Crippen LogP contribution is -2.25. The van der Waals surface area contributed by atoms with Crippen LogP contribution in [0.5, 0.6) is 11.5 Å². The zero-order valence-corrected chi connectivity index (χ0v) is 38.5. The highest BCUT2D eigenvalue weighted by atomic mass is 16.5. The maximum atomic E-state index is 9.29. The number of rotatable bonds is 7. The van der Waals surface area contributed by atoms with Crippen LogP contribution in [0, 0.1) is 0 Å². The molecule has 0 unspecified atom stereocenters. The van der Waals surface area contributed by atoms with Crippen LogP contribution in [-0.2, 0) is 10.8 Å². The van der Waals surface area contributed by atoms with Crippen LogP contribution in [0.15, 0.2) is 198 Å². The van der Waals surface area contributed by atoms with Crippen molar-refractivity contribution in [3.05, 3.63) is 205 Å². The molecule has 68 heavy (non-hydrogen) atoms. The fourth-order valence-corrected chi connectivity index (χ4v) is 9.59. The standard InChI is InChI=1S/C62H52N4O2/c1-61(2,3)42-32-33-63-57(36-42)66-54-38-46(28-29-47(54)48-30-31-56-58(60(48)66)49-24-13-16-27-55(49)68-56)67-45-23-17-22-44(37-45)64-39-65(53-26-15-14-25-52(53)64)59-50(40-18-9-7-10-19-40)34-43(62(4,5)6)35-51(59)41-20-11-8-12-21-41/h7-38H,39H2,1-6H3/i7D,8D,9D,10D,11D,12D,18D,19D,20D,21D. The third-order valence-corrected chi connectivity index (χ3v) is 13.0. The lowest BCUT2D eigenvalue weighted by atomic mass is 9.82. The largest absolute Gasteiger partial charge is 0.457 e. The Balaban J connectivity index is 1.02. The molecule has 0 N–H and O–H groups in total. The van der Waals surface area contributed by atoms with Crippen LogP contribution < -0.4 is 14.5 Å². The fraction of sp³-hybridized carbons (Fsp3) is 0.145. The van der Waals surface area contributed by atoms with Crippen LogP contribution in [-0.4, -0.2) is 16.2 Å². The zero-order valence-electron chi connectivity index (χ0n) is 48.5. The summed E-state index contributed by atoms with van der Waals surface area (Å²) in [6, 6.07) is 36.4. The molecule has 0 amide bonds. The molecule has 0 spiro atoms. The minimum atomic E-state index is -0.616. The van der Waals surface area contributed by atoms with E-state index >= 15 is 0 Å². The van der Waals surface area contributed by atoms with Gasteiger partial charge in [0.2, 0.25) is 0 Å². The van der Waals surface area contributed by atoms with Gasteiger partial charge in [0.25, 0.3) is 0 Å². The van der Waals surface area contributed by atoms with Crippen molar-refractivity contribution in [2.24, 2.45) is 0 Å². The van der Waals surface area contributed by atoms with Gasteiger partial charge in [0, 0.05) is 51.3 Å². The highest BCUT2D eigenvalue weighted by Crippen LogP contribution is 2.52. The summed E-state index contributed by atoms with van der Waals surface area (Å²) in [4.78, 5) is 8.97. The number of nitrogens with zero attached hydrogens (tertiary/aromatic N) is 4. The Morgan fingerprint density at radius 3 is 1.91 bits per heavy atom. The van der Waals surface area contributed by atoms with Gasteiger partial charge in [-0.3, -0.25) is 4.57 Å². The third-order valence-electron chi connectivity index (χ3n) is 13.0. The summed E-state index contributed by atoms with van der Waals surface area (Å²) in [6.07, 6.45) is 1.86. The van der Waals surface area contributed by atoms with Gasteiger partial charge >= 0.3 is 0 Å². The minimum absolute atomic E-state index is 0.0849. The Hall–Kier alpha value is -8.09. The van der Waals surface area contributed by atoms with E-state index < -0.39 is 65.8 Å². The summed E-state index contributed by atoms with van der Waals surface area (Å²) in [5.74, 6) is 1.88. The molecule has 11 aromatic rings. The summed E-state index contributed by atoms with van der Waals surface area (Å²) >= 11 is 0. The van der Waals surface area contributed by atoms with E-state index in [4.69, 9.17) is 22.4 Å². The normalized spacial score (nSPS) is 15.1. The monoisotopic (exact) mass is 894 g/mol. The van der Waals surface area contributed by atoms with Crippen LogP contribution in [0.3, 0.4) is 0 Å². The van der Waals surface area contributed by atoms with Crippen molar-refractivity contribution in [1.82, 2.24) is 9.55 Å². The van der Waals surface area contributed by atoms with Gasteiger partial charge < -0.3 is 19.0 Å². The van der Waals surface area contributed by atoms with Gasteiger partial charge in [-0.05, 0) is 112 Å². The predicted molar refractivity (Wildman–Crippen MR) is 283 cm³/mol. The van der Waals surface area contributed by atoms with Crippen LogP contribution in [0.25, 0.3) is 71.8 Å². The van der Waals surface area contributed by atoms with Crippen LogP contribution in [0.1, 0.15) is 66.4 Å². The Labute approximate surface area is 411 Å². The lowest BCUT2D eigenvalue weighted by molar-refractivity contribution is 0.483. The summed E-state index contributed by atoms with van der Waals surface area (Å²) in [6.45, 7) is 12.5. The number of furan rings is 1. The molecule has 0 bridgehead atoms. The highest BCUT2D eigenvalue weighted by Gasteiger charge is 2.33. The van der Waals surface area contributed by atoms with E-state index in [0.717, 1.165) is 66.5 Å². The molecule has 0 atom stereocenters. The molecule has 1 aliphatic heterocycles. The van der Waals surface area contributed by atoms with Crippen molar-refractivity contribution >= 4 is 66.5 Å². The molecule has 0 radical (unpaired) electrons. The molecule has 4 heterocycles. The molecule has 12 rings (SSSR count). The first-order valence-electron chi connectivity index (χ1n) is 27.7. The summed E-state index contributed by atoms with van der Waals surface area (Å²) in [5.41, 5.74) is 7.22. The molecule has 332 valence electrons. The topological polar surface area (TPSA) is 46.7 Å². The quantitative estimate of drug-likeness (QED) is 0.159. The second-order valence-electron chi connectivity index (χ2n) is 19.4. The van der Waals surface area contributed by atoms with Gasteiger partial charge in [-0.2, -0.15) is 0 Å². The van der Waals surface area contributed by atoms with E-state index in [9.17, 15) is 5.48 Å². The maximum Gasteiger partial charge on any atom is 0.137 e. The van der Waals surface area contributed by atoms with Gasteiger partial charge in [0.15, 0.2) is 0 Å². The van der Waals surface area contributed by atoms with E-state index in [1.54, 1.807) is 12.1 Å². The first-order valence-corrected chi connectivity index (χ1v) is 22.7. The van der Waals surface area contributed by atoms with Crippen LogP contribution in [0.4, 0.5) is 22.7 Å². The molecule has 1 aliphatic rings. The number of anilines is 4. The van der Waals surface area contributed by atoms with Crippen molar-refractivity contribution in [2.75, 3.05) is 16.5 Å². The van der Waals surface area contributed by atoms with E-state index in [0.29, 0.717) is 28.4 Å². The number of aromatic nitrogens is 2. The average molecular weight is 895 g/mol. The smallest absolute Gasteiger partial charge is 0.137 e. The fourth-order valence-electron chi connectivity index (χ4n) is 9.59. The number of hydrogen-bond donors (Lipinski definition) is 0. The molecule has 0 saturated carbocycles. The van der Waals surface area contributed by atoms with Gasteiger partial charge in [-0.1, -0.05) is 138 Å². The number of fused-ring (bicyclic) bond motifs is 8. The minimum Gasteiger partial charge on any atom is -0.457 e. The van der Waals surface area contributed by atoms with Gasteiger partial charge in [0.05, 0.1) is 47.2 Å². The maximum absolute atomic E-state index is 9.29. The number of pyridine rings is 1.